The predicted octanol–water partition coefficient (Wildman–Crippen LogP) is 2.60. The molecule has 0 spiro atoms. The first-order valence-corrected chi connectivity index (χ1v) is 8.17. The highest BCUT2D eigenvalue weighted by Crippen LogP contribution is 2.17. The molecule has 2 aromatic carbocycles. The lowest BCUT2D eigenvalue weighted by Crippen LogP contribution is -2.40. The van der Waals surface area contributed by atoms with Crippen LogP contribution >= 0.6 is 0 Å². The summed E-state index contributed by atoms with van der Waals surface area (Å²) >= 11 is 0. The van der Waals surface area contributed by atoms with Crippen molar-refractivity contribution in [3.05, 3.63) is 65.7 Å². The van der Waals surface area contributed by atoms with E-state index in [2.05, 4.69) is 5.32 Å². The van der Waals surface area contributed by atoms with Crippen LogP contribution in [-0.4, -0.2) is 30.7 Å². The summed E-state index contributed by atoms with van der Waals surface area (Å²) in [7, 11) is 0. The molecule has 0 aliphatic rings. The number of nitrogens with one attached hydrogen (secondary N) is 1. The third-order valence-corrected chi connectivity index (χ3v) is 3.82. The number of carbonyl (C=O) groups excluding carboxylic acids is 3. The maximum Gasteiger partial charge on any atom is 0.240 e. The van der Waals surface area contributed by atoms with E-state index in [1.165, 1.54) is 18.7 Å². The van der Waals surface area contributed by atoms with Gasteiger partial charge in [0.2, 0.25) is 11.8 Å². The summed E-state index contributed by atoms with van der Waals surface area (Å²) in [5.41, 5.74) is 2.19. The van der Waals surface area contributed by atoms with Crippen molar-refractivity contribution in [2.45, 2.75) is 20.3 Å². The van der Waals surface area contributed by atoms with E-state index in [9.17, 15) is 14.4 Å². The van der Waals surface area contributed by atoms with Crippen LogP contribution in [0.15, 0.2) is 54.6 Å². The van der Waals surface area contributed by atoms with Gasteiger partial charge in [-0.05, 0) is 31.0 Å². The summed E-state index contributed by atoms with van der Waals surface area (Å²) in [6.07, 6.45) is 0.729. The topological polar surface area (TPSA) is 66.5 Å². The van der Waals surface area contributed by atoms with Gasteiger partial charge in [0.15, 0.2) is 5.78 Å². The standard InChI is InChI=1S/C20H22N2O3/c1-15(23)18-9-6-10-19(13-18)22(16(2)24)14-20(25)21-12-11-17-7-4-3-5-8-17/h3-10,13H,11-12,14H2,1-2H3,(H,21,25). The van der Waals surface area contributed by atoms with Gasteiger partial charge >= 0.3 is 0 Å². The molecule has 0 aliphatic heterocycles. The van der Waals surface area contributed by atoms with Crippen LogP contribution in [0.1, 0.15) is 29.8 Å². The third kappa shape index (κ3) is 5.57. The number of benzene rings is 2. The third-order valence-electron chi connectivity index (χ3n) is 3.82. The summed E-state index contributed by atoms with van der Waals surface area (Å²) in [4.78, 5) is 37.0. The van der Waals surface area contributed by atoms with Gasteiger partial charge in [-0.1, -0.05) is 42.5 Å². The van der Waals surface area contributed by atoms with E-state index in [4.69, 9.17) is 0 Å². The lowest BCUT2D eigenvalue weighted by atomic mass is 10.1. The van der Waals surface area contributed by atoms with Crippen molar-refractivity contribution in [2.75, 3.05) is 18.0 Å². The summed E-state index contributed by atoms with van der Waals surface area (Å²) in [5.74, 6) is -0.573. The molecule has 5 heteroatoms. The van der Waals surface area contributed by atoms with Gasteiger partial charge < -0.3 is 10.2 Å². The van der Waals surface area contributed by atoms with Crippen LogP contribution in [0.4, 0.5) is 5.69 Å². The van der Waals surface area contributed by atoms with Crippen LogP contribution in [0.5, 0.6) is 0 Å². The fourth-order valence-electron chi connectivity index (χ4n) is 2.47. The van der Waals surface area contributed by atoms with Crippen LogP contribution in [0.3, 0.4) is 0 Å². The summed E-state index contributed by atoms with van der Waals surface area (Å²) in [6.45, 7) is 3.29. The van der Waals surface area contributed by atoms with Gasteiger partial charge in [0, 0.05) is 24.7 Å². The fourth-order valence-corrected chi connectivity index (χ4v) is 2.47. The van der Waals surface area contributed by atoms with Crippen molar-refractivity contribution in [2.24, 2.45) is 0 Å². The van der Waals surface area contributed by atoms with Crippen molar-refractivity contribution in [1.82, 2.24) is 5.32 Å². The zero-order valence-corrected chi connectivity index (χ0v) is 14.5. The first-order valence-electron chi connectivity index (χ1n) is 8.17. The van der Waals surface area contributed by atoms with Crippen LogP contribution in [-0.2, 0) is 16.0 Å². The van der Waals surface area contributed by atoms with Crippen molar-refractivity contribution >= 4 is 23.3 Å². The smallest absolute Gasteiger partial charge is 0.240 e. The normalized spacial score (nSPS) is 10.2. The van der Waals surface area contributed by atoms with E-state index in [1.807, 2.05) is 30.3 Å². The zero-order chi connectivity index (χ0) is 18.2. The Kier molecular flexibility index (Phi) is 6.46. The molecular formula is C20H22N2O3. The SMILES string of the molecule is CC(=O)c1cccc(N(CC(=O)NCCc2ccccc2)C(C)=O)c1. The molecule has 130 valence electrons. The molecule has 0 radical (unpaired) electrons. The zero-order valence-electron chi connectivity index (χ0n) is 14.5. The maximum absolute atomic E-state index is 12.2. The largest absolute Gasteiger partial charge is 0.354 e. The van der Waals surface area contributed by atoms with E-state index in [0.717, 1.165) is 12.0 Å². The maximum atomic E-state index is 12.2. The quantitative estimate of drug-likeness (QED) is 0.789. The minimum atomic E-state index is -0.251. The Hall–Kier alpha value is -2.95. The van der Waals surface area contributed by atoms with Crippen LogP contribution < -0.4 is 10.2 Å². The molecule has 2 rings (SSSR count). The number of anilines is 1. The molecule has 0 saturated heterocycles. The minimum Gasteiger partial charge on any atom is -0.354 e. The average Bonchev–Trinajstić information content (AvgIpc) is 2.60. The van der Waals surface area contributed by atoms with Gasteiger partial charge in [-0.2, -0.15) is 0 Å². The minimum absolute atomic E-state index is 0.0779. The number of rotatable bonds is 7. The molecule has 0 heterocycles. The molecule has 0 aromatic heterocycles. The number of hydrogen-bond donors (Lipinski definition) is 1. The average molecular weight is 338 g/mol. The second-order valence-electron chi connectivity index (χ2n) is 5.80. The Bertz CT molecular complexity index is 757. The number of carbonyl (C=O) groups is 3. The summed E-state index contributed by atoms with van der Waals surface area (Å²) in [6, 6.07) is 16.6. The molecule has 0 bridgehead atoms. The Morgan fingerprint density at radius 3 is 2.32 bits per heavy atom. The van der Waals surface area contributed by atoms with Gasteiger partial charge in [0.1, 0.15) is 6.54 Å². The van der Waals surface area contributed by atoms with Crippen molar-refractivity contribution in [1.29, 1.82) is 0 Å². The van der Waals surface area contributed by atoms with Crippen LogP contribution in [0.25, 0.3) is 0 Å². The monoisotopic (exact) mass is 338 g/mol. The number of Topliss-reactive ketones (excluding diaryl/α,β-unsaturated/α-hetero) is 1. The lowest BCUT2D eigenvalue weighted by Gasteiger charge is -2.21. The highest BCUT2D eigenvalue weighted by molar-refractivity contribution is 6.00. The van der Waals surface area contributed by atoms with Crippen LogP contribution in [0, 0.1) is 0 Å². The first-order chi connectivity index (χ1) is 12.0. The second-order valence-corrected chi connectivity index (χ2v) is 5.80. The Labute approximate surface area is 147 Å². The molecule has 25 heavy (non-hydrogen) atoms. The van der Waals surface area contributed by atoms with Gasteiger partial charge in [0.25, 0.3) is 0 Å². The van der Waals surface area contributed by atoms with Crippen molar-refractivity contribution < 1.29 is 14.4 Å². The Balaban J connectivity index is 1.96. The number of nitrogens with zero attached hydrogens (tertiary/aromatic N) is 1. The Morgan fingerprint density at radius 1 is 0.960 bits per heavy atom. The van der Waals surface area contributed by atoms with Crippen molar-refractivity contribution in [3.8, 4) is 0 Å². The van der Waals surface area contributed by atoms with Gasteiger partial charge in [-0.25, -0.2) is 0 Å². The Morgan fingerprint density at radius 2 is 1.68 bits per heavy atom. The predicted molar refractivity (Wildman–Crippen MR) is 97.6 cm³/mol. The lowest BCUT2D eigenvalue weighted by molar-refractivity contribution is -0.123. The fraction of sp³-hybridized carbons (Fsp3) is 0.250. The number of hydrogen-bond acceptors (Lipinski definition) is 3. The number of ketones is 1. The highest BCUT2D eigenvalue weighted by Gasteiger charge is 2.16. The first kappa shape index (κ1) is 18.4. The van der Waals surface area contributed by atoms with E-state index < -0.39 is 0 Å². The molecule has 2 amide bonds. The van der Waals surface area contributed by atoms with Gasteiger partial charge in [0.05, 0.1) is 0 Å². The van der Waals surface area contributed by atoms with Gasteiger partial charge in [-0.3, -0.25) is 14.4 Å². The molecule has 0 saturated carbocycles. The molecule has 0 atom stereocenters. The van der Waals surface area contributed by atoms with E-state index >= 15 is 0 Å². The summed E-state index contributed by atoms with van der Waals surface area (Å²) < 4.78 is 0. The molecule has 2 aromatic rings. The van der Waals surface area contributed by atoms with Crippen molar-refractivity contribution in [3.63, 3.8) is 0 Å². The molecule has 1 N–H and O–H groups in total. The van der Waals surface area contributed by atoms with E-state index in [1.54, 1.807) is 24.3 Å². The molecule has 5 nitrogen and oxygen atoms in total. The summed E-state index contributed by atoms with van der Waals surface area (Å²) in [5, 5.41) is 2.82. The molecule has 0 aliphatic carbocycles. The molecular weight excluding hydrogens is 316 g/mol. The second kappa shape index (κ2) is 8.78. The van der Waals surface area contributed by atoms with E-state index in [-0.39, 0.29) is 24.1 Å². The molecule has 0 unspecified atom stereocenters. The van der Waals surface area contributed by atoms with Crippen LogP contribution in [0.2, 0.25) is 0 Å². The number of amides is 2. The molecule has 0 fully saturated rings. The highest BCUT2D eigenvalue weighted by atomic mass is 16.2. The van der Waals surface area contributed by atoms with Gasteiger partial charge in [-0.15, -0.1) is 0 Å². The van der Waals surface area contributed by atoms with E-state index in [0.29, 0.717) is 17.8 Å².